The molecule has 19 heavy (non-hydrogen) atoms. The third kappa shape index (κ3) is 5.11. The summed E-state index contributed by atoms with van der Waals surface area (Å²) in [6.45, 7) is -0.869. The fraction of sp³-hybridized carbons (Fsp3) is 0.273. The monoisotopic (exact) mass is 291 g/mol. The van der Waals surface area contributed by atoms with Crippen molar-refractivity contribution < 1.29 is 28.9 Å². The van der Waals surface area contributed by atoms with Gasteiger partial charge in [0.2, 0.25) is 0 Å². The molecule has 0 spiro atoms. The molecule has 0 bridgehead atoms. The Kier molecular flexibility index (Phi) is 5.53. The largest absolute Gasteiger partial charge is 0.482 e. The molecule has 0 saturated heterocycles. The van der Waals surface area contributed by atoms with Gasteiger partial charge < -0.3 is 20.3 Å². The van der Waals surface area contributed by atoms with Crippen molar-refractivity contribution in [2.75, 3.05) is 13.2 Å². The second-order valence-electron chi connectivity index (χ2n) is 3.52. The zero-order chi connectivity index (χ0) is 14.4. The number of amides is 1. The van der Waals surface area contributed by atoms with Crippen LogP contribution in [0.5, 0.6) is 5.75 Å². The van der Waals surface area contributed by atoms with Crippen LogP contribution in [0.1, 0.15) is 0 Å². The quantitative estimate of drug-likeness (QED) is 0.706. The fourth-order valence-corrected chi connectivity index (χ4v) is 1.31. The van der Waals surface area contributed by atoms with Gasteiger partial charge in [-0.15, -0.1) is 0 Å². The highest BCUT2D eigenvalue weighted by Gasteiger charge is 2.14. The zero-order valence-corrected chi connectivity index (χ0v) is 10.4. The average molecular weight is 292 g/mol. The smallest absolute Gasteiger partial charge is 0.334 e. The summed E-state index contributed by atoms with van der Waals surface area (Å²) in [6.07, 6.45) is -1.68. The van der Waals surface area contributed by atoms with Crippen molar-refractivity contribution >= 4 is 23.5 Å². The van der Waals surface area contributed by atoms with Gasteiger partial charge in [0.25, 0.3) is 5.91 Å². The van der Waals surface area contributed by atoms with Gasteiger partial charge in [-0.25, -0.2) is 9.18 Å². The predicted octanol–water partition coefficient (Wildman–Crippen LogP) is 0.420. The summed E-state index contributed by atoms with van der Waals surface area (Å²) in [7, 11) is 0. The highest BCUT2D eigenvalue weighted by molar-refractivity contribution is 6.32. The van der Waals surface area contributed by atoms with Crippen molar-refractivity contribution in [3.63, 3.8) is 0 Å². The number of nitrogens with one attached hydrogen (secondary N) is 1. The van der Waals surface area contributed by atoms with E-state index in [-0.39, 0.29) is 10.8 Å². The second kappa shape index (κ2) is 6.91. The van der Waals surface area contributed by atoms with Crippen LogP contribution in [-0.2, 0) is 9.59 Å². The van der Waals surface area contributed by atoms with Gasteiger partial charge in [-0.2, -0.15) is 0 Å². The summed E-state index contributed by atoms with van der Waals surface area (Å²) in [5.74, 6) is -2.49. The summed E-state index contributed by atoms with van der Waals surface area (Å²) < 4.78 is 17.7. The minimum atomic E-state index is -1.68. The normalized spacial score (nSPS) is 11.7. The SMILES string of the molecule is O=C(COc1ccc(F)cc1Cl)NCC(O)C(=O)O. The van der Waals surface area contributed by atoms with E-state index in [4.69, 9.17) is 26.6 Å². The second-order valence-corrected chi connectivity index (χ2v) is 3.93. The van der Waals surface area contributed by atoms with E-state index >= 15 is 0 Å². The van der Waals surface area contributed by atoms with Gasteiger partial charge in [-0.05, 0) is 18.2 Å². The Morgan fingerprint density at radius 3 is 2.74 bits per heavy atom. The Bertz CT molecular complexity index is 482. The maximum atomic E-state index is 12.7. The number of carbonyl (C=O) groups excluding carboxylic acids is 1. The molecule has 0 aromatic heterocycles. The van der Waals surface area contributed by atoms with Gasteiger partial charge in [0.1, 0.15) is 11.6 Å². The Morgan fingerprint density at radius 1 is 1.47 bits per heavy atom. The molecule has 1 unspecified atom stereocenters. The summed E-state index contributed by atoms with van der Waals surface area (Å²) in [5, 5.41) is 19.5. The number of carbonyl (C=O) groups is 2. The van der Waals surface area contributed by atoms with E-state index in [1.807, 2.05) is 0 Å². The predicted molar refractivity (Wildman–Crippen MR) is 63.6 cm³/mol. The van der Waals surface area contributed by atoms with Crippen molar-refractivity contribution in [2.24, 2.45) is 0 Å². The van der Waals surface area contributed by atoms with Gasteiger partial charge in [0.15, 0.2) is 12.7 Å². The lowest BCUT2D eigenvalue weighted by molar-refractivity contribution is -0.146. The number of hydrogen-bond donors (Lipinski definition) is 3. The number of ether oxygens (including phenoxy) is 1. The van der Waals surface area contributed by atoms with Gasteiger partial charge >= 0.3 is 5.97 Å². The Morgan fingerprint density at radius 2 is 2.16 bits per heavy atom. The topological polar surface area (TPSA) is 95.9 Å². The van der Waals surface area contributed by atoms with Crippen LogP contribution in [0, 0.1) is 5.82 Å². The molecule has 1 atom stereocenters. The minimum Gasteiger partial charge on any atom is -0.482 e. The number of carboxylic acid groups (broad SMARTS) is 1. The zero-order valence-electron chi connectivity index (χ0n) is 9.60. The first kappa shape index (κ1) is 15.2. The number of aliphatic hydroxyl groups excluding tert-OH is 1. The van der Waals surface area contributed by atoms with Crippen LogP contribution in [0.25, 0.3) is 0 Å². The lowest BCUT2D eigenvalue weighted by atomic mass is 10.3. The van der Waals surface area contributed by atoms with Crippen molar-refractivity contribution in [1.29, 1.82) is 0 Å². The summed E-state index contributed by atoms with van der Waals surface area (Å²) in [4.78, 5) is 21.5. The Balaban J connectivity index is 2.40. The van der Waals surface area contributed by atoms with Gasteiger partial charge in [0, 0.05) is 0 Å². The van der Waals surface area contributed by atoms with E-state index in [0.717, 1.165) is 12.1 Å². The standard InChI is InChI=1S/C11H11ClFNO5/c12-7-3-6(13)1-2-9(7)19-5-10(16)14-4-8(15)11(17)18/h1-3,8,15H,4-5H2,(H,14,16)(H,17,18). The van der Waals surface area contributed by atoms with Crippen LogP contribution in [0.4, 0.5) is 4.39 Å². The molecule has 1 rings (SSSR count). The number of aliphatic carboxylic acids is 1. The number of aliphatic hydroxyl groups is 1. The van der Waals surface area contributed by atoms with Crippen LogP contribution in [0.3, 0.4) is 0 Å². The van der Waals surface area contributed by atoms with Gasteiger partial charge in [0.05, 0.1) is 11.6 Å². The summed E-state index contributed by atoms with van der Waals surface area (Å²) in [5.41, 5.74) is 0. The first-order valence-electron chi connectivity index (χ1n) is 5.15. The number of carboxylic acids is 1. The van der Waals surface area contributed by atoms with Crippen molar-refractivity contribution in [3.05, 3.63) is 29.0 Å². The third-order valence-electron chi connectivity index (χ3n) is 2.03. The molecule has 8 heteroatoms. The molecule has 1 amide bonds. The first-order valence-corrected chi connectivity index (χ1v) is 5.53. The molecule has 0 aliphatic carbocycles. The number of halogens is 2. The average Bonchev–Trinajstić information content (AvgIpc) is 2.34. The van der Waals surface area contributed by atoms with Crippen LogP contribution < -0.4 is 10.1 Å². The van der Waals surface area contributed by atoms with Crippen LogP contribution >= 0.6 is 11.6 Å². The van der Waals surface area contributed by atoms with Gasteiger partial charge in [-0.1, -0.05) is 11.6 Å². The van der Waals surface area contributed by atoms with E-state index in [1.54, 1.807) is 0 Å². The maximum Gasteiger partial charge on any atom is 0.334 e. The van der Waals surface area contributed by atoms with Crippen molar-refractivity contribution in [1.82, 2.24) is 5.32 Å². The molecule has 104 valence electrons. The van der Waals surface area contributed by atoms with E-state index in [9.17, 15) is 14.0 Å². The van der Waals surface area contributed by atoms with E-state index in [1.165, 1.54) is 6.07 Å². The lowest BCUT2D eigenvalue weighted by Gasteiger charge is -2.10. The molecule has 0 heterocycles. The molecular weight excluding hydrogens is 281 g/mol. The Hall–Kier alpha value is -1.86. The van der Waals surface area contributed by atoms with Crippen molar-refractivity contribution in [3.8, 4) is 5.75 Å². The highest BCUT2D eigenvalue weighted by Crippen LogP contribution is 2.24. The third-order valence-corrected chi connectivity index (χ3v) is 2.33. The minimum absolute atomic E-state index is 0.0124. The molecule has 6 nitrogen and oxygen atoms in total. The summed E-state index contributed by atoms with van der Waals surface area (Å²) in [6, 6.07) is 3.41. The molecular formula is C11H11ClFNO5. The van der Waals surface area contributed by atoms with Crippen molar-refractivity contribution in [2.45, 2.75) is 6.10 Å². The molecule has 0 saturated carbocycles. The molecule has 0 radical (unpaired) electrons. The number of rotatable bonds is 6. The van der Waals surface area contributed by atoms with Gasteiger partial charge in [-0.3, -0.25) is 4.79 Å². The summed E-state index contributed by atoms with van der Waals surface area (Å²) >= 11 is 5.67. The van der Waals surface area contributed by atoms with Crippen LogP contribution in [0.15, 0.2) is 18.2 Å². The first-order chi connectivity index (χ1) is 8.90. The number of benzene rings is 1. The lowest BCUT2D eigenvalue weighted by Crippen LogP contribution is -2.38. The number of hydrogen-bond acceptors (Lipinski definition) is 4. The maximum absolute atomic E-state index is 12.7. The fourth-order valence-electron chi connectivity index (χ4n) is 1.08. The van der Waals surface area contributed by atoms with Crippen LogP contribution in [-0.4, -0.2) is 41.3 Å². The molecule has 0 aliphatic rings. The van der Waals surface area contributed by atoms with E-state index in [0.29, 0.717) is 0 Å². The molecule has 0 fully saturated rings. The molecule has 3 N–H and O–H groups in total. The highest BCUT2D eigenvalue weighted by atomic mass is 35.5. The molecule has 0 aliphatic heterocycles. The molecule has 1 aromatic rings. The molecule has 1 aromatic carbocycles. The van der Waals surface area contributed by atoms with Crippen LogP contribution in [0.2, 0.25) is 5.02 Å². The van der Waals surface area contributed by atoms with E-state index in [2.05, 4.69) is 5.32 Å². The van der Waals surface area contributed by atoms with E-state index < -0.39 is 36.9 Å². The Labute approximate surface area is 112 Å².